The number of carbonyl (C=O) groups excluding carboxylic acids is 1. The summed E-state index contributed by atoms with van der Waals surface area (Å²) in [5.41, 5.74) is 7.74. The van der Waals surface area contributed by atoms with Crippen molar-refractivity contribution in [2.24, 2.45) is 0 Å². The number of carbonyl (C=O) groups is 1. The van der Waals surface area contributed by atoms with Gasteiger partial charge in [-0.2, -0.15) is 0 Å². The summed E-state index contributed by atoms with van der Waals surface area (Å²) in [6.45, 7) is 4.54. The summed E-state index contributed by atoms with van der Waals surface area (Å²) in [6.07, 6.45) is 2.60. The van der Waals surface area contributed by atoms with Crippen LogP contribution in [0.25, 0.3) is 0 Å². The number of hydrogen-bond donors (Lipinski definition) is 2. The number of nitrogens with two attached hydrogens (primary N) is 1. The van der Waals surface area contributed by atoms with Gasteiger partial charge in [-0.1, -0.05) is 13.0 Å². The third-order valence-corrected chi connectivity index (χ3v) is 2.98. The highest BCUT2D eigenvalue weighted by molar-refractivity contribution is 6.03. The van der Waals surface area contributed by atoms with Gasteiger partial charge in [0, 0.05) is 12.7 Å². The molecule has 0 atom stereocenters. The van der Waals surface area contributed by atoms with E-state index in [0.29, 0.717) is 17.9 Å². The molecule has 0 aliphatic carbocycles. The average molecular weight is 275 g/mol. The first-order valence-corrected chi connectivity index (χ1v) is 6.54. The van der Waals surface area contributed by atoms with Gasteiger partial charge in [0.2, 0.25) is 0 Å². The minimum Gasteiger partial charge on any atom is -0.397 e. The largest absolute Gasteiger partial charge is 0.397 e. The zero-order valence-electron chi connectivity index (χ0n) is 11.6. The molecular weight excluding hydrogens is 257 g/mol. The Bertz CT molecular complexity index is 634. The third kappa shape index (κ3) is 2.99. The van der Waals surface area contributed by atoms with Crippen LogP contribution in [0, 0.1) is 12.7 Å². The summed E-state index contributed by atoms with van der Waals surface area (Å²) in [5, 5.41) is 2.59. The second kappa shape index (κ2) is 5.77. The first-order chi connectivity index (χ1) is 9.51. The number of rotatable bonds is 4. The van der Waals surface area contributed by atoms with Crippen LogP contribution in [0.4, 0.5) is 15.8 Å². The summed E-state index contributed by atoms with van der Waals surface area (Å²) in [5.74, 6) is -0.815. The number of halogens is 1. The van der Waals surface area contributed by atoms with Gasteiger partial charge in [-0.05, 0) is 37.1 Å². The van der Waals surface area contributed by atoms with Crippen molar-refractivity contribution < 1.29 is 9.18 Å². The van der Waals surface area contributed by atoms with Gasteiger partial charge in [0.15, 0.2) is 0 Å². The molecule has 0 saturated heterocycles. The van der Waals surface area contributed by atoms with Crippen LogP contribution in [0.15, 0.2) is 30.5 Å². The van der Waals surface area contributed by atoms with E-state index in [1.807, 2.05) is 13.8 Å². The van der Waals surface area contributed by atoms with Crippen molar-refractivity contribution in [2.75, 3.05) is 11.1 Å². The molecule has 0 spiro atoms. The van der Waals surface area contributed by atoms with E-state index in [-0.39, 0.29) is 11.6 Å². The van der Waals surface area contributed by atoms with Crippen LogP contribution in [0.3, 0.4) is 0 Å². The molecular formula is C15H18FN3O. The Kier molecular flexibility index (Phi) is 4.08. The van der Waals surface area contributed by atoms with E-state index >= 15 is 0 Å². The lowest BCUT2D eigenvalue weighted by Gasteiger charge is -2.09. The maximum absolute atomic E-state index is 13.7. The van der Waals surface area contributed by atoms with E-state index < -0.39 is 5.82 Å². The summed E-state index contributed by atoms with van der Waals surface area (Å²) >= 11 is 0. The summed E-state index contributed by atoms with van der Waals surface area (Å²) < 4.78 is 15.4. The number of aromatic nitrogens is 1. The molecule has 20 heavy (non-hydrogen) atoms. The molecule has 2 aromatic rings. The van der Waals surface area contributed by atoms with Gasteiger partial charge >= 0.3 is 0 Å². The smallest absolute Gasteiger partial charge is 0.272 e. The minimum absolute atomic E-state index is 0.179. The van der Waals surface area contributed by atoms with Crippen molar-refractivity contribution in [3.05, 3.63) is 47.5 Å². The monoisotopic (exact) mass is 275 g/mol. The minimum atomic E-state index is -0.453. The summed E-state index contributed by atoms with van der Waals surface area (Å²) in [6, 6.07) is 6.19. The number of amides is 1. The fourth-order valence-electron chi connectivity index (χ4n) is 2.07. The lowest BCUT2D eigenvalue weighted by molar-refractivity contribution is 0.101. The van der Waals surface area contributed by atoms with Gasteiger partial charge in [-0.25, -0.2) is 4.39 Å². The molecule has 0 fully saturated rings. The van der Waals surface area contributed by atoms with Crippen LogP contribution < -0.4 is 11.1 Å². The fraction of sp³-hybridized carbons (Fsp3) is 0.267. The van der Waals surface area contributed by atoms with Crippen LogP contribution >= 0.6 is 0 Å². The van der Waals surface area contributed by atoms with Crippen molar-refractivity contribution in [2.45, 2.75) is 26.8 Å². The molecule has 0 aliphatic heterocycles. The zero-order valence-corrected chi connectivity index (χ0v) is 11.6. The molecule has 4 nitrogen and oxygen atoms in total. The molecule has 1 heterocycles. The third-order valence-electron chi connectivity index (χ3n) is 2.98. The molecule has 1 aromatic heterocycles. The molecule has 0 radical (unpaired) electrons. The lowest BCUT2D eigenvalue weighted by atomic mass is 10.2. The van der Waals surface area contributed by atoms with Crippen molar-refractivity contribution in [1.29, 1.82) is 0 Å². The number of nitrogens with one attached hydrogen (secondary N) is 1. The molecule has 2 rings (SSSR count). The van der Waals surface area contributed by atoms with E-state index in [1.54, 1.807) is 29.0 Å². The normalized spacial score (nSPS) is 10.6. The van der Waals surface area contributed by atoms with E-state index in [0.717, 1.165) is 12.0 Å². The predicted octanol–water partition coefficient (Wildman–Crippen LogP) is 3.18. The number of benzene rings is 1. The standard InChI is InChI=1S/C15H18FN3O/c1-3-6-19-9-11(17)8-14(19)15(20)18-13-7-10(2)4-5-12(13)16/h4-5,7-9H,3,6,17H2,1-2H3,(H,18,20). The van der Waals surface area contributed by atoms with E-state index in [2.05, 4.69) is 5.32 Å². The van der Waals surface area contributed by atoms with Gasteiger partial charge in [-0.15, -0.1) is 0 Å². The average Bonchev–Trinajstić information content (AvgIpc) is 2.75. The van der Waals surface area contributed by atoms with E-state index in [9.17, 15) is 9.18 Å². The van der Waals surface area contributed by atoms with Gasteiger partial charge < -0.3 is 15.6 Å². The molecule has 5 heteroatoms. The maximum Gasteiger partial charge on any atom is 0.272 e. The Morgan fingerprint density at radius 3 is 2.85 bits per heavy atom. The molecule has 0 unspecified atom stereocenters. The maximum atomic E-state index is 13.7. The summed E-state index contributed by atoms with van der Waals surface area (Å²) in [7, 11) is 0. The molecule has 0 aliphatic rings. The number of nitrogens with zero attached hydrogens (tertiary/aromatic N) is 1. The molecule has 1 aromatic carbocycles. The highest BCUT2D eigenvalue weighted by Gasteiger charge is 2.14. The Labute approximate surface area is 117 Å². The second-order valence-electron chi connectivity index (χ2n) is 4.79. The van der Waals surface area contributed by atoms with Crippen LogP contribution in [-0.4, -0.2) is 10.5 Å². The Hall–Kier alpha value is -2.30. The van der Waals surface area contributed by atoms with Gasteiger partial charge in [0.25, 0.3) is 5.91 Å². The Morgan fingerprint density at radius 1 is 1.40 bits per heavy atom. The van der Waals surface area contributed by atoms with E-state index in [1.165, 1.54) is 6.07 Å². The number of aryl methyl sites for hydroxylation is 2. The van der Waals surface area contributed by atoms with E-state index in [4.69, 9.17) is 5.73 Å². The Balaban J connectivity index is 2.26. The highest BCUT2D eigenvalue weighted by atomic mass is 19.1. The first-order valence-electron chi connectivity index (χ1n) is 6.54. The van der Waals surface area contributed by atoms with Crippen LogP contribution in [0.2, 0.25) is 0 Å². The molecule has 0 saturated carbocycles. The topological polar surface area (TPSA) is 60.0 Å². The zero-order chi connectivity index (χ0) is 14.7. The van der Waals surface area contributed by atoms with Crippen molar-refractivity contribution in [1.82, 2.24) is 4.57 Å². The molecule has 3 N–H and O–H groups in total. The number of hydrogen-bond acceptors (Lipinski definition) is 2. The molecule has 0 bridgehead atoms. The lowest BCUT2D eigenvalue weighted by Crippen LogP contribution is -2.17. The van der Waals surface area contributed by atoms with Crippen molar-refractivity contribution >= 4 is 17.3 Å². The summed E-state index contributed by atoms with van der Waals surface area (Å²) in [4.78, 5) is 12.2. The number of nitrogen functional groups attached to an aromatic ring is 1. The van der Waals surface area contributed by atoms with Crippen LogP contribution in [-0.2, 0) is 6.54 Å². The second-order valence-corrected chi connectivity index (χ2v) is 4.79. The van der Waals surface area contributed by atoms with Gasteiger partial charge in [0.1, 0.15) is 11.5 Å². The Morgan fingerprint density at radius 2 is 2.15 bits per heavy atom. The first kappa shape index (κ1) is 14.1. The van der Waals surface area contributed by atoms with Crippen molar-refractivity contribution in [3.8, 4) is 0 Å². The molecule has 1 amide bonds. The quantitative estimate of drug-likeness (QED) is 0.900. The van der Waals surface area contributed by atoms with Gasteiger partial charge in [0.05, 0.1) is 11.4 Å². The predicted molar refractivity (Wildman–Crippen MR) is 78.2 cm³/mol. The molecule has 106 valence electrons. The SMILES string of the molecule is CCCn1cc(N)cc1C(=O)Nc1cc(C)ccc1F. The van der Waals surface area contributed by atoms with Gasteiger partial charge in [-0.3, -0.25) is 4.79 Å². The van der Waals surface area contributed by atoms with Crippen molar-refractivity contribution in [3.63, 3.8) is 0 Å². The number of anilines is 2. The van der Waals surface area contributed by atoms with Crippen LogP contribution in [0.1, 0.15) is 29.4 Å². The fourth-order valence-corrected chi connectivity index (χ4v) is 2.07. The highest BCUT2D eigenvalue weighted by Crippen LogP contribution is 2.18. The van der Waals surface area contributed by atoms with Crippen LogP contribution in [0.5, 0.6) is 0 Å².